The predicted octanol–water partition coefficient (Wildman–Crippen LogP) is 6.40. The lowest BCUT2D eigenvalue weighted by Crippen LogP contribution is -2.19. The Labute approximate surface area is 216 Å². The highest BCUT2D eigenvalue weighted by Gasteiger charge is 2.20. The maximum absolute atomic E-state index is 13.7. The van der Waals surface area contributed by atoms with Crippen LogP contribution in [0.15, 0.2) is 101 Å². The molecule has 0 fully saturated rings. The first kappa shape index (κ1) is 23.3. The third kappa shape index (κ3) is 4.22. The van der Waals surface area contributed by atoms with Crippen LogP contribution in [0.3, 0.4) is 0 Å². The average molecular weight is 505 g/mol. The first-order chi connectivity index (χ1) is 18.6. The maximum Gasteiger partial charge on any atom is 0.282 e. The zero-order valence-electron chi connectivity index (χ0n) is 20.3. The van der Waals surface area contributed by atoms with Gasteiger partial charge in [0.15, 0.2) is 11.6 Å². The second-order valence-corrected chi connectivity index (χ2v) is 8.50. The summed E-state index contributed by atoms with van der Waals surface area (Å²) in [5, 5.41) is 2.59. The van der Waals surface area contributed by atoms with E-state index in [9.17, 15) is 9.18 Å². The highest BCUT2D eigenvalue weighted by Crippen LogP contribution is 2.33. The van der Waals surface area contributed by atoms with E-state index in [0.29, 0.717) is 40.7 Å². The van der Waals surface area contributed by atoms with E-state index >= 15 is 0 Å². The van der Waals surface area contributed by atoms with Gasteiger partial charge in [-0.1, -0.05) is 12.1 Å². The molecule has 186 valence electrons. The van der Waals surface area contributed by atoms with Crippen LogP contribution in [0, 0.1) is 5.82 Å². The Kier molecular flexibility index (Phi) is 5.97. The van der Waals surface area contributed by atoms with Crippen LogP contribution in [-0.2, 0) is 4.74 Å². The number of nitrogens with zero attached hydrogens (tertiary/aromatic N) is 4. The first-order valence-electron chi connectivity index (χ1n) is 12.0. The number of rotatable bonds is 6. The molecule has 7 nitrogen and oxygen atoms in total. The van der Waals surface area contributed by atoms with E-state index in [1.54, 1.807) is 49.1 Å². The smallest absolute Gasteiger partial charge is 0.282 e. The summed E-state index contributed by atoms with van der Waals surface area (Å²) in [4.78, 5) is 26.8. The molecule has 4 heterocycles. The van der Waals surface area contributed by atoms with Crippen LogP contribution in [0.1, 0.15) is 12.6 Å². The average Bonchev–Trinajstić information content (AvgIpc) is 3.39. The number of benzene rings is 2. The minimum Gasteiger partial charge on any atom is -0.501 e. The Balaban J connectivity index is 1.52. The number of hydrogen-bond acceptors (Lipinski definition) is 6. The van der Waals surface area contributed by atoms with E-state index in [1.165, 1.54) is 16.7 Å². The third-order valence-corrected chi connectivity index (χ3v) is 6.14. The SMILES string of the molecule is CCOC=Cc1nccc2cc(-c3nc(-n4ccc5cccnc5c4=O)c(-c4ccc(F)cc4)o3)ccc12. The van der Waals surface area contributed by atoms with E-state index in [4.69, 9.17) is 14.1 Å². The number of halogens is 1. The Hall–Kier alpha value is -5.11. The maximum atomic E-state index is 13.7. The lowest BCUT2D eigenvalue weighted by atomic mass is 10.1. The summed E-state index contributed by atoms with van der Waals surface area (Å²) >= 11 is 0. The van der Waals surface area contributed by atoms with Crippen LogP contribution in [0.4, 0.5) is 4.39 Å². The van der Waals surface area contributed by atoms with Crippen molar-refractivity contribution in [2.75, 3.05) is 6.61 Å². The standard InChI is InChI=1S/C30H21FN4O3/c1-2-37-17-13-25-24-10-7-22(18-21(24)11-15-32-25)29-34-28(27(38-29)20-5-8-23(31)9-6-20)35-16-12-19-4-3-14-33-26(19)30(35)36/h3-18H,2H2,1H3. The molecule has 0 N–H and O–H groups in total. The molecule has 0 aliphatic carbocycles. The third-order valence-electron chi connectivity index (χ3n) is 6.14. The molecule has 0 radical (unpaired) electrons. The molecule has 0 aliphatic rings. The molecule has 0 atom stereocenters. The molecule has 0 spiro atoms. The van der Waals surface area contributed by atoms with Crippen molar-refractivity contribution < 1.29 is 13.5 Å². The lowest BCUT2D eigenvalue weighted by Gasteiger charge is -2.05. The van der Waals surface area contributed by atoms with E-state index in [-0.39, 0.29) is 11.4 Å². The summed E-state index contributed by atoms with van der Waals surface area (Å²) in [7, 11) is 0. The first-order valence-corrected chi connectivity index (χ1v) is 12.0. The number of oxazole rings is 1. The number of hydrogen-bond donors (Lipinski definition) is 0. The van der Waals surface area contributed by atoms with Crippen molar-refractivity contribution in [3.63, 3.8) is 0 Å². The van der Waals surface area contributed by atoms with Gasteiger partial charge in [0.1, 0.15) is 11.3 Å². The van der Waals surface area contributed by atoms with Gasteiger partial charge in [-0.2, -0.15) is 4.98 Å². The van der Waals surface area contributed by atoms with E-state index in [2.05, 4.69) is 9.97 Å². The lowest BCUT2D eigenvalue weighted by molar-refractivity contribution is 0.272. The second kappa shape index (κ2) is 9.74. The highest BCUT2D eigenvalue weighted by molar-refractivity contribution is 5.91. The zero-order valence-corrected chi connectivity index (χ0v) is 20.3. The van der Waals surface area contributed by atoms with Gasteiger partial charge in [-0.3, -0.25) is 19.3 Å². The van der Waals surface area contributed by atoms with Gasteiger partial charge >= 0.3 is 0 Å². The van der Waals surface area contributed by atoms with Gasteiger partial charge in [0.2, 0.25) is 5.89 Å². The molecule has 0 aliphatic heterocycles. The van der Waals surface area contributed by atoms with Crippen molar-refractivity contribution in [2.45, 2.75) is 6.92 Å². The molecular weight excluding hydrogens is 483 g/mol. The van der Waals surface area contributed by atoms with Crippen molar-refractivity contribution in [3.05, 3.63) is 113 Å². The van der Waals surface area contributed by atoms with Crippen LogP contribution < -0.4 is 5.56 Å². The van der Waals surface area contributed by atoms with Crippen LogP contribution in [0.2, 0.25) is 0 Å². The van der Waals surface area contributed by atoms with Gasteiger partial charge < -0.3 is 9.15 Å². The van der Waals surface area contributed by atoms with Gasteiger partial charge in [0.25, 0.3) is 5.56 Å². The predicted molar refractivity (Wildman–Crippen MR) is 144 cm³/mol. The molecule has 0 saturated heterocycles. The molecule has 6 aromatic rings. The number of fused-ring (bicyclic) bond motifs is 2. The van der Waals surface area contributed by atoms with Crippen LogP contribution in [0.25, 0.3) is 56.3 Å². The van der Waals surface area contributed by atoms with Crippen molar-refractivity contribution in [3.8, 4) is 28.6 Å². The van der Waals surface area contributed by atoms with Gasteiger partial charge in [-0.25, -0.2) is 4.39 Å². The van der Waals surface area contributed by atoms with Crippen LogP contribution >= 0.6 is 0 Å². The minimum absolute atomic E-state index is 0.291. The molecule has 2 aromatic carbocycles. The van der Waals surface area contributed by atoms with Crippen LogP contribution in [-0.4, -0.2) is 26.1 Å². The fourth-order valence-corrected chi connectivity index (χ4v) is 4.30. The van der Waals surface area contributed by atoms with E-state index < -0.39 is 0 Å². The number of ether oxygens (including phenoxy) is 1. The summed E-state index contributed by atoms with van der Waals surface area (Å²) in [6.07, 6.45) is 8.39. The summed E-state index contributed by atoms with van der Waals surface area (Å²) in [5.74, 6) is 0.573. The number of aromatic nitrogens is 4. The van der Waals surface area contributed by atoms with Gasteiger partial charge in [-0.15, -0.1) is 0 Å². The van der Waals surface area contributed by atoms with Crippen molar-refractivity contribution in [1.82, 2.24) is 19.5 Å². The fourth-order valence-electron chi connectivity index (χ4n) is 4.30. The van der Waals surface area contributed by atoms with E-state index in [0.717, 1.165) is 21.9 Å². The second-order valence-electron chi connectivity index (χ2n) is 8.50. The van der Waals surface area contributed by atoms with Crippen molar-refractivity contribution in [1.29, 1.82) is 0 Å². The molecular formula is C30H21FN4O3. The Bertz CT molecular complexity index is 1870. The molecule has 0 bridgehead atoms. The van der Waals surface area contributed by atoms with Gasteiger partial charge in [0.05, 0.1) is 18.6 Å². The summed E-state index contributed by atoms with van der Waals surface area (Å²) in [6.45, 7) is 2.49. The summed E-state index contributed by atoms with van der Waals surface area (Å²) < 4.78 is 26.7. The van der Waals surface area contributed by atoms with Gasteiger partial charge in [-0.05, 0) is 73.0 Å². The molecule has 4 aromatic heterocycles. The molecule has 0 unspecified atom stereocenters. The minimum atomic E-state index is -0.376. The number of pyridine rings is 3. The van der Waals surface area contributed by atoms with Crippen LogP contribution in [0.5, 0.6) is 0 Å². The monoisotopic (exact) mass is 504 g/mol. The topological polar surface area (TPSA) is 83.0 Å². The van der Waals surface area contributed by atoms with E-state index in [1.807, 2.05) is 43.3 Å². The largest absolute Gasteiger partial charge is 0.501 e. The van der Waals surface area contributed by atoms with Crippen molar-refractivity contribution >= 4 is 27.8 Å². The Morgan fingerprint density at radius 3 is 2.66 bits per heavy atom. The molecule has 8 heteroatoms. The molecule has 6 rings (SSSR count). The summed E-state index contributed by atoms with van der Waals surface area (Å²) in [5.41, 5.74) is 2.06. The fraction of sp³-hybridized carbons (Fsp3) is 0.0667. The summed E-state index contributed by atoms with van der Waals surface area (Å²) in [6, 6.07) is 18.9. The quantitative estimate of drug-likeness (QED) is 0.244. The molecule has 0 amide bonds. The Morgan fingerprint density at radius 2 is 1.82 bits per heavy atom. The van der Waals surface area contributed by atoms with Crippen molar-refractivity contribution in [2.24, 2.45) is 0 Å². The molecule has 38 heavy (non-hydrogen) atoms. The van der Waals surface area contributed by atoms with Gasteiger partial charge in [0, 0.05) is 40.5 Å². The highest BCUT2D eigenvalue weighted by atomic mass is 19.1. The Morgan fingerprint density at radius 1 is 0.974 bits per heavy atom. The normalized spacial score (nSPS) is 11.5. The molecule has 0 saturated carbocycles. The zero-order chi connectivity index (χ0) is 26.1.